The Labute approximate surface area is 125 Å². The third-order valence-electron chi connectivity index (χ3n) is 4.17. The molecule has 0 fully saturated rings. The molecule has 1 aromatic carbocycles. The van der Waals surface area contributed by atoms with Gasteiger partial charge in [0.15, 0.2) is 0 Å². The van der Waals surface area contributed by atoms with Gasteiger partial charge in [0.25, 0.3) is 0 Å². The van der Waals surface area contributed by atoms with Crippen LogP contribution in [0.4, 0.5) is 0 Å². The second-order valence-corrected chi connectivity index (χ2v) is 5.98. The minimum Gasteiger partial charge on any atom is -0.508 e. The van der Waals surface area contributed by atoms with Crippen molar-refractivity contribution in [2.45, 2.75) is 85.0 Å². The normalized spacial score (nSPS) is 10.9. The van der Waals surface area contributed by atoms with E-state index in [1.807, 2.05) is 6.07 Å². The van der Waals surface area contributed by atoms with Gasteiger partial charge in [0.1, 0.15) is 5.75 Å². The molecule has 0 bridgehead atoms. The van der Waals surface area contributed by atoms with Crippen LogP contribution in [0.2, 0.25) is 0 Å². The summed E-state index contributed by atoms with van der Waals surface area (Å²) in [4.78, 5) is 0. The molecule has 1 N–H and O–H groups in total. The van der Waals surface area contributed by atoms with E-state index in [1.54, 1.807) is 0 Å². The Morgan fingerprint density at radius 2 is 1.40 bits per heavy atom. The van der Waals surface area contributed by atoms with Gasteiger partial charge in [0.2, 0.25) is 0 Å². The fourth-order valence-corrected chi connectivity index (χ4v) is 2.93. The Morgan fingerprint density at radius 3 is 2.05 bits per heavy atom. The van der Waals surface area contributed by atoms with Crippen LogP contribution in [0.15, 0.2) is 12.1 Å². The first-order valence-electron chi connectivity index (χ1n) is 8.51. The van der Waals surface area contributed by atoms with E-state index in [0.717, 1.165) is 19.3 Å². The van der Waals surface area contributed by atoms with Gasteiger partial charge in [-0.25, -0.2) is 0 Å². The average Bonchev–Trinajstić information content (AvgIpc) is 2.44. The summed E-state index contributed by atoms with van der Waals surface area (Å²) in [5.74, 6) is 0.505. The summed E-state index contributed by atoms with van der Waals surface area (Å²) in [6.45, 7) is 6.63. The molecule has 0 aliphatic rings. The van der Waals surface area contributed by atoms with Gasteiger partial charge < -0.3 is 5.11 Å². The summed E-state index contributed by atoms with van der Waals surface area (Å²) in [6, 6.07) is 3.92. The van der Waals surface area contributed by atoms with Crippen molar-refractivity contribution in [2.24, 2.45) is 0 Å². The van der Waals surface area contributed by atoms with Crippen LogP contribution in [-0.2, 0) is 12.8 Å². The van der Waals surface area contributed by atoms with E-state index in [-0.39, 0.29) is 0 Å². The van der Waals surface area contributed by atoms with Crippen molar-refractivity contribution in [3.05, 3.63) is 28.8 Å². The molecule has 0 unspecified atom stereocenters. The smallest absolute Gasteiger partial charge is 0.119 e. The monoisotopic (exact) mass is 276 g/mol. The van der Waals surface area contributed by atoms with Crippen LogP contribution in [0.5, 0.6) is 5.75 Å². The number of unbranched alkanes of at least 4 members (excludes halogenated alkanes) is 6. The van der Waals surface area contributed by atoms with E-state index in [4.69, 9.17) is 0 Å². The number of hydrogen-bond acceptors (Lipinski definition) is 1. The van der Waals surface area contributed by atoms with Gasteiger partial charge in [0, 0.05) is 0 Å². The first-order chi connectivity index (χ1) is 9.70. The van der Waals surface area contributed by atoms with Crippen molar-refractivity contribution in [3.63, 3.8) is 0 Å². The van der Waals surface area contributed by atoms with E-state index < -0.39 is 0 Å². The molecule has 0 aliphatic carbocycles. The topological polar surface area (TPSA) is 20.2 Å². The first kappa shape index (κ1) is 17.1. The maximum absolute atomic E-state index is 10.1. The summed E-state index contributed by atoms with van der Waals surface area (Å²) in [5.41, 5.74) is 3.93. The van der Waals surface area contributed by atoms with Crippen molar-refractivity contribution in [1.82, 2.24) is 0 Å². The highest BCUT2D eigenvalue weighted by atomic mass is 16.3. The average molecular weight is 276 g/mol. The minimum atomic E-state index is 0.505. The molecular formula is C19H32O. The van der Waals surface area contributed by atoms with Crippen molar-refractivity contribution < 1.29 is 5.11 Å². The first-order valence-corrected chi connectivity index (χ1v) is 8.51. The number of hydrogen-bond donors (Lipinski definition) is 1. The lowest BCUT2D eigenvalue weighted by Crippen LogP contribution is -1.98. The zero-order valence-electron chi connectivity index (χ0n) is 13.7. The van der Waals surface area contributed by atoms with Crippen LogP contribution >= 0.6 is 0 Å². The van der Waals surface area contributed by atoms with Gasteiger partial charge >= 0.3 is 0 Å². The van der Waals surface area contributed by atoms with E-state index in [1.165, 1.54) is 61.6 Å². The van der Waals surface area contributed by atoms with Crippen molar-refractivity contribution in [2.75, 3.05) is 0 Å². The third-order valence-corrected chi connectivity index (χ3v) is 4.17. The molecule has 0 atom stereocenters. The Bertz CT molecular complexity index is 382. The molecule has 1 aromatic rings. The molecule has 1 rings (SSSR count). The third kappa shape index (κ3) is 5.56. The fraction of sp³-hybridized carbons (Fsp3) is 0.684. The summed E-state index contributed by atoms with van der Waals surface area (Å²) in [5, 5.41) is 10.1. The van der Waals surface area contributed by atoms with E-state index >= 15 is 0 Å². The van der Waals surface area contributed by atoms with Gasteiger partial charge in [0.05, 0.1) is 0 Å². The highest BCUT2D eigenvalue weighted by molar-refractivity contribution is 5.44. The number of benzene rings is 1. The van der Waals surface area contributed by atoms with Crippen LogP contribution in [0, 0.1) is 6.92 Å². The minimum absolute atomic E-state index is 0.505. The van der Waals surface area contributed by atoms with Crippen molar-refractivity contribution in [1.29, 1.82) is 0 Å². The summed E-state index contributed by atoms with van der Waals surface area (Å²) < 4.78 is 0. The maximum atomic E-state index is 10.1. The molecular weight excluding hydrogens is 244 g/mol. The predicted molar refractivity (Wildman–Crippen MR) is 88.5 cm³/mol. The van der Waals surface area contributed by atoms with E-state index in [0.29, 0.717) is 5.75 Å². The summed E-state index contributed by atoms with van der Waals surface area (Å²) in [7, 11) is 0. The molecule has 0 saturated carbocycles. The van der Waals surface area contributed by atoms with Crippen LogP contribution in [0.3, 0.4) is 0 Å². The molecule has 0 aromatic heterocycles. The molecule has 114 valence electrons. The Kier molecular flexibility index (Phi) is 8.41. The van der Waals surface area contributed by atoms with Crippen LogP contribution < -0.4 is 0 Å². The number of aryl methyl sites for hydroxylation is 1. The SMILES string of the molecule is CCCCCCCCCc1c(O)ccc(C)c1CCC. The van der Waals surface area contributed by atoms with Gasteiger partial charge in [-0.1, -0.05) is 64.9 Å². The predicted octanol–water partition coefficient (Wildman–Crippen LogP) is 5.95. The maximum Gasteiger partial charge on any atom is 0.119 e. The highest BCUT2D eigenvalue weighted by Gasteiger charge is 2.09. The molecule has 0 amide bonds. The van der Waals surface area contributed by atoms with Gasteiger partial charge in [-0.3, -0.25) is 0 Å². The van der Waals surface area contributed by atoms with E-state index in [2.05, 4.69) is 26.8 Å². The molecule has 20 heavy (non-hydrogen) atoms. The Morgan fingerprint density at radius 1 is 0.750 bits per heavy atom. The lowest BCUT2D eigenvalue weighted by atomic mass is 9.93. The second-order valence-electron chi connectivity index (χ2n) is 5.98. The standard InChI is InChI=1S/C19H32O/c1-4-6-7-8-9-10-11-13-18-17(12-5-2)16(3)14-15-19(18)20/h14-15,20H,4-13H2,1-3H3. The summed E-state index contributed by atoms with van der Waals surface area (Å²) in [6.07, 6.45) is 12.6. The second kappa shape index (κ2) is 9.85. The number of phenolic OH excluding ortho intramolecular Hbond substituents is 1. The number of phenols is 1. The Balaban J connectivity index is 2.44. The molecule has 0 radical (unpaired) electrons. The lowest BCUT2D eigenvalue weighted by molar-refractivity contribution is 0.464. The van der Waals surface area contributed by atoms with Crippen molar-refractivity contribution >= 4 is 0 Å². The zero-order chi connectivity index (χ0) is 14.8. The molecule has 0 spiro atoms. The molecule has 0 aliphatic heterocycles. The number of rotatable bonds is 10. The van der Waals surface area contributed by atoms with Gasteiger partial charge in [-0.05, 0) is 48.9 Å². The highest BCUT2D eigenvalue weighted by Crippen LogP contribution is 2.27. The molecule has 1 nitrogen and oxygen atoms in total. The zero-order valence-corrected chi connectivity index (χ0v) is 13.7. The lowest BCUT2D eigenvalue weighted by Gasteiger charge is -2.14. The molecule has 1 heteroatoms. The molecule has 0 heterocycles. The van der Waals surface area contributed by atoms with Crippen LogP contribution in [0.25, 0.3) is 0 Å². The largest absolute Gasteiger partial charge is 0.508 e. The number of aromatic hydroxyl groups is 1. The van der Waals surface area contributed by atoms with Crippen LogP contribution in [0.1, 0.15) is 81.9 Å². The van der Waals surface area contributed by atoms with Crippen LogP contribution in [-0.4, -0.2) is 5.11 Å². The summed E-state index contributed by atoms with van der Waals surface area (Å²) >= 11 is 0. The molecule has 0 saturated heterocycles. The van der Waals surface area contributed by atoms with Crippen molar-refractivity contribution in [3.8, 4) is 5.75 Å². The Hall–Kier alpha value is -0.980. The van der Waals surface area contributed by atoms with E-state index in [9.17, 15) is 5.11 Å². The quantitative estimate of drug-likeness (QED) is 0.524. The van der Waals surface area contributed by atoms with Gasteiger partial charge in [-0.15, -0.1) is 0 Å². The van der Waals surface area contributed by atoms with Gasteiger partial charge in [-0.2, -0.15) is 0 Å². The fourth-order valence-electron chi connectivity index (χ4n) is 2.93.